The van der Waals surface area contributed by atoms with Gasteiger partial charge in [0.2, 0.25) is 0 Å². The molecule has 0 spiro atoms. The summed E-state index contributed by atoms with van der Waals surface area (Å²) in [6.07, 6.45) is 0. The summed E-state index contributed by atoms with van der Waals surface area (Å²) in [6.45, 7) is 4.00. The van der Waals surface area contributed by atoms with Gasteiger partial charge in [0, 0.05) is 15.9 Å². The molecule has 0 aliphatic rings. The van der Waals surface area contributed by atoms with Crippen LogP contribution in [0.15, 0.2) is 35.7 Å². The van der Waals surface area contributed by atoms with Gasteiger partial charge in [0.1, 0.15) is 0 Å². The quantitative estimate of drug-likeness (QED) is 0.840. The van der Waals surface area contributed by atoms with Crippen LogP contribution in [0.3, 0.4) is 0 Å². The first-order chi connectivity index (χ1) is 7.68. The topological polar surface area (TPSA) is 29.1 Å². The third-order valence-corrected chi connectivity index (χ3v) is 3.58. The fourth-order valence-corrected chi connectivity index (χ4v) is 2.32. The maximum Gasteiger partial charge on any atom is 0.256 e. The molecule has 0 saturated carbocycles. The van der Waals surface area contributed by atoms with Crippen molar-refractivity contribution in [2.75, 3.05) is 5.32 Å². The summed E-state index contributed by atoms with van der Waals surface area (Å²) in [6, 6.07) is 9.50. The number of hydrogen-bond donors (Lipinski definition) is 1. The summed E-state index contributed by atoms with van der Waals surface area (Å²) in [4.78, 5) is 13.1. The number of hydrogen-bond acceptors (Lipinski definition) is 2. The molecule has 1 aromatic heterocycles. The van der Waals surface area contributed by atoms with Crippen molar-refractivity contribution in [1.82, 2.24) is 0 Å². The highest BCUT2D eigenvalue weighted by Crippen LogP contribution is 2.21. The molecule has 82 valence electrons. The minimum absolute atomic E-state index is 0.0342. The molecule has 0 aliphatic heterocycles. The molecule has 0 saturated heterocycles. The van der Waals surface area contributed by atoms with Crippen LogP contribution in [0.2, 0.25) is 0 Å². The third-order valence-electron chi connectivity index (χ3n) is 2.56. The number of thiophene rings is 1. The van der Waals surface area contributed by atoms with Crippen molar-refractivity contribution in [1.29, 1.82) is 0 Å². The molecule has 0 unspecified atom stereocenters. The number of para-hydroxylation sites is 1. The summed E-state index contributed by atoms with van der Waals surface area (Å²) >= 11 is 1.61. The van der Waals surface area contributed by atoms with Crippen LogP contribution in [0.1, 0.15) is 20.8 Å². The minimum atomic E-state index is -0.0342. The molecule has 1 amide bonds. The molecule has 2 nitrogen and oxygen atoms in total. The second kappa shape index (κ2) is 4.49. The maximum atomic E-state index is 11.9. The van der Waals surface area contributed by atoms with Gasteiger partial charge in [0.15, 0.2) is 0 Å². The fourth-order valence-electron chi connectivity index (χ4n) is 1.46. The molecular weight excluding hydrogens is 218 g/mol. The molecule has 0 fully saturated rings. The van der Waals surface area contributed by atoms with Gasteiger partial charge in [0.05, 0.1) is 5.56 Å². The van der Waals surface area contributed by atoms with Crippen LogP contribution in [-0.4, -0.2) is 5.91 Å². The molecule has 2 aromatic rings. The summed E-state index contributed by atoms with van der Waals surface area (Å²) in [5, 5.41) is 4.79. The van der Waals surface area contributed by atoms with Crippen LogP contribution >= 0.6 is 11.3 Å². The molecular formula is C13H13NOS. The first kappa shape index (κ1) is 10.9. The van der Waals surface area contributed by atoms with Crippen molar-refractivity contribution < 1.29 is 4.79 Å². The highest BCUT2D eigenvalue weighted by Gasteiger charge is 2.12. The lowest BCUT2D eigenvalue weighted by Gasteiger charge is -2.04. The lowest BCUT2D eigenvalue weighted by molar-refractivity contribution is 0.102. The predicted molar refractivity (Wildman–Crippen MR) is 68.2 cm³/mol. The van der Waals surface area contributed by atoms with E-state index in [2.05, 4.69) is 5.32 Å². The Labute approximate surface area is 98.9 Å². The van der Waals surface area contributed by atoms with E-state index in [0.29, 0.717) is 0 Å². The Morgan fingerprint density at radius 1 is 1.19 bits per heavy atom. The van der Waals surface area contributed by atoms with Crippen molar-refractivity contribution in [3.63, 3.8) is 0 Å². The SMILES string of the molecule is Cc1scc(C(=O)Nc2ccccc2)c1C. The highest BCUT2D eigenvalue weighted by molar-refractivity contribution is 7.10. The number of nitrogens with one attached hydrogen (secondary N) is 1. The number of rotatable bonds is 2. The van der Waals surface area contributed by atoms with Crippen LogP contribution in [0.25, 0.3) is 0 Å². The Morgan fingerprint density at radius 3 is 2.44 bits per heavy atom. The molecule has 0 atom stereocenters. The van der Waals surface area contributed by atoms with E-state index in [1.54, 1.807) is 11.3 Å². The molecule has 2 rings (SSSR count). The van der Waals surface area contributed by atoms with E-state index in [9.17, 15) is 4.79 Å². The van der Waals surface area contributed by atoms with E-state index in [4.69, 9.17) is 0 Å². The number of carbonyl (C=O) groups is 1. The van der Waals surface area contributed by atoms with E-state index < -0.39 is 0 Å². The number of amides is 1. The Morgan fingerprint density at radius 2 is 1.88 bits per heavy atom. The van der Waals surface area contributed by atoms with Gasteiger partial charge in [-0.05, 0) is 31.5 Å². The molecule has 1 aromatic carbocycles. The number of aryl methyl sites for hydroxylation is 1. The lowest BCUT2D eigenvalue weighted by atomic mass is 10.1. The highest BCUT2D eigenvalue weighted by atomic mass is 32.1. The zero-order valence-corrected chi connectivity index (χ0v) is 10.1. The molecule has 0 radical (unpaired) electrons. The monoisotopic (exact) mass is 231 g/mol. The van der Waals surface area contributed by atoms with Crippen LogP contribution in [0.4, 0.5) is 5.69 Å². The van der Waals surface area contributed by atoms with E-state index in [1.807, 2.05) is 49.6 Å². The van der Waals surface area contributed by atoms with Crippen LogP contribution in [0.5, 0.6) is 0 Å². The standard InChI is InChI=1S/C13H13NOS/c1-9-10(2)16-8-12(9)13(15)14-11-6-4-3-5-7-11/h3-8H,1-2H3,(H,14,15). The first-order valence-electron chi connectivity index (χ1n) is 5.09. The number of benzene rings is 1. The van der Waals surface area contributed by atoms with E-state index >= 15 is 0 Å². The molecule has 0 aliphatic carbocycles. The molecule has 3 heteroatoms. The van der Waals surface area contributed by atoms with Crippen molar-refractivity contribution in [2.45, 2.75) is 13.8 Å². The van der Waals surface area contributed by atoms with Crippen molar-refractivity contribution in [2.24, 2.45) is 0 Å². The number of carbonyl (C=O) groups excluding carboxylic acids is 1. The van der Waals surface area contributed by atoms with Gasteiger partial charge >= 0.3 is 0 Å². The Balaban J connectivity index is 2.18. The van der Waals surface area contributed by atoms with Gasteiger partial charge in [-0.2, -0.15) is 0 Å². The van der Waals surface area contributed by atoms with Crippen LogP contribution in [-0.2, 0) is 0 Å². The fraction of sp³-hybridized carbons (Fsp3) is 0.154. The molecule has 0 bridgehead atoms. The Bertz CT molecular complexity index is 502. The third kappa shape index (κ3) is 2.14. The van der Waals surface area contributed by atoms with Gasteiger partial charge in [-0.3, -0.25) is 4.79 Å². The normalized spacial score (nSPS) is 10.1. The summed E-state index contributed by atoms with van der Waals surface area (Å²) < 4.78 is 0. The zero-order valence-electron chi connectivity index (χ0n) is 9.28. The van der Waals surface area contributed by atoms with Gasteiger partial charge in [0.25, 0.3) is 5.91 Å². The second-order valence-corrected chi connectivity index (χ2v) is 4.73. The second-order valence-electron chi connectivity index (χ2n) is 3.65. The average molecular weight is 231 g/mol. The van der Waals surface area contributed by atoms with Crippen molar-refractivity contribution in [3.8, 4) is 0 Å². The summed E-state index contributed by atoms with van der Waals surface area (Å²) in [7, 11) is 0. The first-order valence-corrected chi connectivity index (χ1v) is 5.97. The van der Waals surface area contributed by atoms with Gasteiger partial charge in [-0.1, -0.05) is 18.2 Å². The zero-order chi connectivity index (χ0) is 11.5. The van der Waals surface area contributed by atoms with Gasteiger partial charge in [-0.25, -0.2) is 0 Å². The molecule has 1 heterocycles. The van der Waals surface area contributed by atoms with Crippen LogP contribution in [0, 0.1) is 13.8 Å². The van der Waals surface area contributed by atoms with Crippen LogP contribution < -0.4 is 5.32 Å². The number of anilines is 1. The van der Waals surface area contributed by atoms with E-state index in [1.165, 1.54) is 4.88 Å². The van der Waals surface area contributed by atoms with Crippen molar-refractivity contribution in [3.05, 3.63) is 51.7 Å². The molecule has 16 heavy (non-hydrogen) atoms. The summed E-state index contributed by atoms with van der Waals surface area (Å²) in [5.74, 6) is -0.0342. The van der Waals surface area contributed by atoms with E-state index in [-0.39, 0.29) is 5.91 Å². The average Bonchev–Trinajstić information content (AvgIpc) is 2.61. The van der Waals surface area contributed by atoms with Crippen molar-refractivity contribution >= 4 is 22.9 Å². The van der Waals surface area contributed by atoms with E-state index in [0.717, 1.165) is 16.8 Å². The summed E-state index contributed by atoms with van der Waals surface area (Å²) in [5.41, 5.74) is 2.67. The lowest BCUT2D eigenvalue weighted by Crippen LogP contribution is -2.11. The maximum absolute atomic E-state index is 11.9. The largest absolute Gasteiger partial charge is 0.322 e. The minimum Gasteiger partial charge on any atom is -0.322 e. The Hall–Kier alpha value is -1.61. The smallest absolute Gasteiger partial charge is 0.256 e. The predicted octanol–water partition coefficient (Wildman–Crippen LogP) is 3.62. The molecule has 1 N–H and O–H groups in total. The van der Waals surface area contributed by atoms with Gasteiger partial charge in [-0.15, -0.1) is 11.3 Å². The van der Waals surface area contributed by atoms with Gasteiger partial charge < -0.3 is 5.32 Å². The Kier molecular flexibility index (Phi) is 3.06.